The number of anilines is 1. The van der Waals surface area contributed by atoms with E-state index < -0.39 is 21.6 Å². The molecule has 1 aliphatic rings. The molecule has 0 aromatic heterocycles. The number of fused-ring (bicyclic) bond motifs is 1. The maximum absolute atomic E-state index is 13.6. The highest BCUT2D eigenvalue weighted by Crippen LogP contribution is 2.31. The number of hydrogen-bond acceptors (Lipinski definition) is 4. The van der Waals surface area contributed by atoms with Crippen molar-refractivity contribution in [3.05, 3.63) is 72.3 Å². The van der Waals surface area contributed by atoms with Gasteiger partial charge in [-0.15, -0.1) is 0 Å². The quantitative estimate of drug-likeness (QED) is 0.348. The lowest BCUT2D eigenvalue weighted by molar-refractivity contribution is -0.118. The normalized spacial score (nSPS) is 15.7. The number of carbonyl (C=O) groups is 2. The van der Waals surface area contributed by atoms with Gasteiger partial charge in [0.1, 0.15) is 6.04 Å². The van der Waals surface area contributed by atoms with Crippen molar-refractivity contribution in [3.63, 3.8) is 0 Å². The number of carbonyl (C=O) groups excluding carboxylic acids is 2. The first-order valence-corrected chi connectivity index (χ1v) is 14.7. The van der Waals surface area contributed by atoms with E-state index >= 15 is 0 Å². The first-order chi connectivity index (χ1) is 18.0. The monoisotopic (exact) mass is 535 g/mol. The van der Waals surface area contributed by atoms with Gasteiger partial charge in [0.15, 0.2) is 0 Å². The van der Waals surface area contributed by atoms with Gasteiger partial charge in [-0.05, 0) is 57.4 Å². The zero-order chi connectivity index (χ0) is 27.3. The van der Waals surface area contributed by atoms with Crippen LogP contribution in [0.3, 0.4) is 0 Å². The van der Waals surface area contributed by atoms with E-state index in [9.17, 15) is 18.0 Å². The fourth-order valence-electron chi connectivity index (χ4n) is 5.12. The highest BCUT2D eigenvalue weighted by Gasteiger charge is 2.28. The predicted molar refractivity (Wildman–Crippen MR) is 152 cm³/mol. The standard InChI is InChI=1S/C30H37N3O4S/c1-30(2,3)33-38(36,37)27-19-11-16-23-24(27)17-10-18-25(23)31-29(35)26(20-21-12-6-4-7-13-21)32-28(34)22-14-8-5-9-15-22/h5,8-11,14-19,21,26,33H,4,6-7,12-13,20H2,1-3H3,(H,31,35)(H,32,34)/t26-/m0/s1. The van der Waals surface area contributed by atoms with Crippen LogP contribution in [0.1, 0.15) is 69.7 Å². The number of hydrogen-bond donors (Lipinski definition) is 3. The van der Waals surface area contributed by atoms with E-state index in [1.165, 1.54) is 6.42 Å². The first-order valence-electron chi connectivity index (χ1n) is 13.3. The fraction of sp³-hybridized carbons (Fsp3) is 0.400. The smallest absolute Gasteiger partial charge is 0.251 e. The summed E-state index contributed by atoms with van der Waals surface area (Å²) in [5.41, 5.74) is 0.360. The Kier molecular flexibility index (Phi) is 8.53. The number of benzene rings is 3. The zero-order valence-corrected chi connectivity index (χ0v) is 23.1. The number of sulfonamides is 1. The number of nitrogens with one attached hydrogen (secondary N) is 3. The van der Waals surface area contributed by atoms with Crippen LogP contribution in [0.2, 0.25) is 0 Å². The molecule has 3 N–H and O–H groups in total. The lowest BCUT2D eigenvalue weighted by Crippen LogP contribution is -2.45. The van der Waals surface area contributed by atoms with Crippen LogP contribution in [0.4, 0.5) is 5.69 Å². The van der Waals surface area contributed by atoms with Crippen LogP contribution in [-0.2, 0) is 14.8 Å². The van der Waals surface area contributed by atoms with Gasteiger partial charge in [0.05, 0.1) is 4.90 Å². The van der Waals surface area contributed by atoms with Gasteiger partial charge < -0.3 is 10.6 Å². The van der Waals surface area contributed by atoms with Gasteiger partial charge in [-0.1, -0.05) is 74.6 Å². The highest BCUT2D eigenvalue weighted by atomic mass is 32.2. The summed E-state index contributed by atoms with van der Waals surface area (Å²) in [6.07, 6.45) is 6.12. The summed E-state index contributed by atoms with van der Waals surface area (Å²) in [4.78, 5) is 26.7. The van der Waals surface area contributed by atoms with E-state index in [1.54, 1.807) is 81.4 Å². The molecule has 1 atom stereocenters. The van der Waals surface area contributed by atoms with Crippen molar-refractivity contribution in [1.29, 1.82) is 0 Å². The lowest BCUT2D eigenvalue weighted by Gasteiger charge is -2.27. The van der Waals surface area contributed by atoms with Crippen LogP contribution >= 0.6 is 0 Å². The van der Waals surface area contributed by atoms with E-state index in [1.807, 2.05) is 6.07 Å². The molecular formula is C30H37N3O4S. The van der Waals surface area contributed by atoms with Crippen LogP contribution in [0.15, 0.2) is 71.6 Å². The van der Waals surface area contributed by atoms with Crippen molar-refractivity contribution < 1.29 is 18.0 Å². The second-order valence-corrected chi connectivity index (χ2v) is 12.8. The molecule has 0 bridgehead atoms. The molecule has 8 heteroatoms. The summed E-state index contributed by atoms with van der Waals surface area (Å²) in [7, 11) is -3.79. The molecule has 3 aromatic rings. The molecule has 1 saturated carbocycles. The van der Waals surface area contributed by atoms with Gasteiger partial charge in [-0.3, -0.25) is 9.59 Å². The summed E-state index contributed by atoms with van der Waals surface area (Å²) < 4.78 is 29.0. The minimum absolute atomic E-state index is 0.150. The van der Waals surface area contributed by atoms with Crippen molar-refractivity contribution in [2.45, 2.75) is 75.8 Å². The third-order valence-electron chi connectivity index (χ3n) is 6.82. The third-order valence-corrected chi connectivity index (χ3v) is 8.64. The summed E-state index contributed by atoms with van der Waals surface area (Å²) in [6.45, 7) is 5.37. The van der Waals surface area contributed by atoms with E-state index in [2.05, 4.69) is 15.4 Å². The van der Waals surface area contributed by atoms with Crippen LogP contribution in [0.25, 0.3) is 10.8 Å². The van der Waals surface area contributed by atoms with Gasteiger partial charge in [-0.25, -0.2) is 13.1 Å². The first kappa shape index (κ1) is 27.8. The summed E-state index contributed by atoms with van der Waals surface area (Å²) in [5.74, 6) is -0.238. The summed E-state index contributed by atoms with van der Waals surface area (Å²) in [5, 5.41) is 7.07. The van der Waals surface area contributed by atoms with Crippen LogP contribution < -0.4 is 15.4 Å². The molecular weight excluding hydrogens is 498 g/mol. The van der Waals surface area contributed by atoms with Crippen molar-refractivity contribution in [3.8, 4) is 0 Å². The second kappa shape index (κ2) is 11.7. The molecule has 0 radical (unpaired) electrons. The Morgan fingerprint density at radius 1 is 0.868 bits per heavy atom. The Bertz CT molecular complexity index is 1390. The van der Waals surface area contributed by atoms with E-state index in [-0.39, 0.29) is 16.7 Å². The zero-order valence-electron chi connectivity index (χ0n) is 22.3. The molecule has 0 spiro atoms. The molecule has 7 nitrogen and oxygen atoms in total. The topological polar surface area (TPSA) is 104 Å². The Hall–Kier alpha value is -3.23. The Morgan fingerprint density at radius 2 is 1.53 bits per heavy atom. The summed E-state index contributed by atoms with van der Waals surface area (Å²) in [6, 6.07) is 18.4. The molecule has 4 rings (SSSR count). The molecule has 38 heavy (non-hydrogen) atoms. The van der Waals surface area contributed by atoms with Crippen LogP contribution in [0.5, 0.6) is 0 Å². The Balaban J connectivity index is 1.62. The molecule has 0 heterocycles. The van der Waals surface area contributed by atoms with Crippen molar-refractivity contribution in [2.24, 2.45) is 5.92 Å². The molecule has 0 aliphatic heterocycles. The van der Waals surface area contributed by atoms with Gasteiger partial charge in [0, 0.05) is 27.6 Å². The van der Waals surface area contributed by atoms with Crippen LogP contribution in [0, 0.1) is 5.92 Å². The molecule has 0 unspecified atom stereocenters. The minimum Gasteiger partial charge on any atom is -0.340 e. The Morgan fingerprint density at radius 3 is 2.21 bits per heavy atom. The number of rotatable bonds is 8. The van der Waals surface area contributed by atoms with Gasteiger partial charge in [0.2, 0.25) is 15.9 Å². The van der Waals surface area contributed by atoms with Gasteiger partial charge in [0.25, 0.3) is 5.91 Å². The molecule has 1 fully saturated rings. The summed E-state index contributed by atoms with van der Waals surface area (Å²) >= 11 is 0. The van der Waals surface area contributed by atoms with E-state index in [4.69, 9.17) is 0 Å². The van der Waals surface area contributed by atoms with Gasteiger partial charge >= 0.3 is 0 Å². The fourth-order valence-corrected chi connectivity index (χ4v) is 6.76. The molecule has 202 valence electrons. The largest absolute Gasteiger partial charge is 0.340 e. The lowest BCUT2D eigenvalue weighted by atomic mass is 9.84. The van der Waals surface area contributed by atoms with Crippen molar-refractivity contribution >= 4 is 38.3 Å². The average Bonchev–Trinajstić information content (AvgIpc) is 2.88. The van der Waals surface area contributed by atoms with Crippen LogP contribution in [-0.4, -0.2) is 31.8 Å². The van der Waals surface area contributed by atoms with E-state index in [0.29, 0.717) is 34.4 Å². The maximum atomic E-state index is 13.6. The SMILES string of the molecule is CC(C)(C)NS(=O)(=O)c1cccc2c(NC(=O)[C@H](CC3CCCCC3)NC(=O)c3ccccc3)cccc12. The molecule has 3 aromatic carbocycles. The third kappa shape index (κ3) is 6.99. The highest BCUT2D eigenvalue weighted by molar-refractivity contribution is 7.89. The number of amides is 2. The average molecular weight is 536 g/mol. The second-order valence-electron chi connectivity index (χ2n) is 11.1. The minimum atomic E-state index is -3.79. The van der Waals surface area contributed by atoms with E-state index in [0.717, 1.165) is 25.7 Å². The van der Waals surface area contributed by atoms with Crippen molar-refractivity contribution in [1.82, 2.24) is 10.0 Å². The molecule has 2 amide bonds. The van der Waals surface area contributed by atoms with Gasteiger partial charge in [-0.2, -0.15) is 0 Å². The maximum Gasteiger partial charge on any atom is 0.251 e. The molecule has 1 aliphatic carbocycles. The molecule has 0 saturated heterocycles. The Labute approximate surface area is 225 Å². The predicted octanol–water partition coefficient (Wildman–Crippen LogP) is 5.62. The van der Waals surface area contributed by atoms with Crippen molar-refractivity contribution in [2.75, 3.05) is 5.32 Å².